The summed E-state index contributed by atoms with van der Waals surface area (Å²) in [6.45, 7) is 12.0. The third-order valence-corrected chi connectivity index (χ3v) is 4.24. The molecule has 110 valence electrons. The molecule has 1 aliphatic rings. The smallest absolute Gasteiger partial charge is 0.234 e. The first-order valence-corrected chi connectivity index (χ1v) is 7.26. The van der Waals surface area contributed by atoms with Crippen molar-refractivity contribution in [1.82, 2.24) is 0 Å². The van der Waals surface area contributed by atoms with E-state index in [0.29, 0.717) is 0 Å². The first-order chi connectivity index (χ1) is 9.09. The number of carbonyl (C=O) groups is 1. The van der Waals surface area contributed by atoms with E-state index in [1.165, 1.54) is 0 Å². The molecule has 1 amide bonds. The lowest BCUT2D eigenvalue weighted by Gasteiger charge is -2.28. The molecule has 0 spiro atoms. The summed E-state index contributed by atoms with van der Waals surface area (Å²) in [7, 11) is 0. The Kier molecular flexibility index (Phi) is 3.45. The van der Waals surface area contributed by atoms with Crippen molar-refractivity contribution in [2.75, 3.05) is 5.32 Å². The molecule has 0 radical (unpaired) electrons. The normalized spacial score (nSPS) is 18.6. The third-order valence-electron chi connectivity index (χ3n) is 4.24. The molecule has 3 heteroatoms. The van der Waals surface area contributed by atoms with E-state index in [0.717, 1.165) is 28.8 Å². The van der Waals surface area contributed by atoms with E-state index in [4.69, 9.17) is 0 Å². The number of nitrogens with one attached hydrogen (secondary N) is 1. The minimum Gasteiger partial charge on any atom is -0.388 e. The number of hydrogen-bond donors (Lipinski definition) is 2. The minimum absolute atomic E-state index is 0.0320. The van der Waals surface area contributed by atoms with Gasteiger partial charge in [-0.1, -0.05) is 39.8 Å². The molecule has 20 heavy (non-hydrogen) atoms. The zero-order valence-electron chi connectivity index (χ0n) is 13.3. The monoisotopic (exact) mass is 275 g/mol. The van der Waals surface area contributed by atoms with Crippen LogP contribution in [0, 0.1) is 5.41 Å². The molecule has 0 aliphatic carbocycles. The second kappa shape index (κ2) is 4.59. The highest BCUT2D eigenvalue weighted by Crippen LogP contribution is 2.43. The van der Waals surface area contributed by atoms with E-state index in [1.807, 2.05) is 46.8 Å². The van der Waals surface area contributed by atoms with Gasteiger partial charge in [-0.25, -0.2) is 0 Å². The third kappa shape index (κ3) is 2.24. The van der Waals surface area contributed by atoms with Crippen LogP contribution in [0.25, 0.3) is 0 Å². The van der Waals surface area contributed by atoms with Crippen molar-refractivity contribution in [3.63, 3.8) is 0 Å². The second-order valence-corrected chi connectivity index (χ2v) is 7.30. The van der Waals surface area contributed by atoms with E-state index in [9.17, 15) is 9.90 Å². The maximum absolute atomic E-state index is 12.1. The van der Waals surface area contributed by atoms with Crippen molar-refractivity contribution >= 4 is 11.6 Å². The van der Waals surface area contributed by atoms with Crippen molar-refractivity contribution in [3.8, 4) is 0 Å². The first-order valence-electron chi connectivity index (χ1n) is 7.26. The zero-order valence-corrected chi connectivity index (χ0v) is 13.3. The van der Waals surface area contributed by atoms with Crippen molar-refractivity contribution < 1.29 is 9.90 Å². The number of aliphatic hydroxyl groups excluding tert-OH is 1. The topological polar surface area (TPSA) is 49.3 Å². The van der Waals surface area contributed by atoms with E-state index < -0.39 is 11.5 Å². The molecule has 1 unspecified atom stereocenters. The van der Waals surface area contributed by atoms with E-state index in [1.54, 1.807) is 0 Å². The average molecular weight is 275 g/mol. The number of fused-ring (bicyclic) bond motifs is 1. The van der Waals surface area contributed by atoms with Gasteiger partial charge in [0.1, 0.15) is 0 Å². The Morgan fingerprint density at radius 3 is 2.40 bits per heavy atom. The molecule has 2 N–H and O–H groups in total. The van der Waals surface area contributed by atoms with Crippen molar-refractivity contribution in [2.45, 2.75) is 59.5 Å². The number of benzene rings is 1. The molecule has 1 heterocycles. The number of aryl methyl sites for hydroxylation is 1. The van der Waals surface area contributed by atoms with E-state index in [-0.39, 0.29) is 11.3 Å². The molecular weight excluding hydrogens is 250 g/mol. The van der Waals surface area contributed by atoms with Gasteiger partial charge < -0.3 is 10.4 Å². The van der Waals surface area contributed by atoms with Crippen LogP contribution in [0.2, 0.25) is 0 Å². The SMILES string of the molecule is CCc1cc(C(O)C(C)(C)C)cc2c1NC(=O)C2(C)C. The number of carbonyl (C=O) groups excluding carboxylic acids is 1. The van der Waals surface area contributed by atoms with Gasteiger partial charge in [0, 0.05) is 5.69 Å². The molecule has 1 aromatic carbocycles. The zero-order chi connectivity index (χ0) is 15.3. The van der Waals surface area contributed by atoms with Gasteiger partial charge in [0.25, 0.3) is 0 Å². The van der Waals surface area contributed by atoms with Crippen LogP contribution in [0.4, 0.5) is 5.69 Å². The van der Waals surface area contributed by atoms with Crippen LogP contribution in [-0.2, 0) is 16.6 Å². The fourth-order valence-corrected chi connectivity index (χ4v) is 2.70. The molecule has 0 bridgehead atoms. The summed E-state index contributed by atoms with van der Waals surface area (Å²) in [6.07, 6.45) is 0.299. The summed E-state index contributed by atoms with van der Waals surface area (Å²) >= 11 is 0. The van der Waals surface area contributed by atoms with Gasteiger partial charge in [-0.3, -0.25) is 4.79 Å². The average Bonchev–Trinajstić information content (AvgIpc) is 2.58. The lowest BCUT2D eigenvalue weighted by Crippen LogP contribution is -2.27. The molecule has 0 saturated carbocycles. The summed E-state index contributed by atoms with van der Waals surface area (Å²) in [6, 6.07) is 4.01. The lowest BCUT2D eigenvalue weighted by molar-refractivity contribution is -0.119. The van der Waals surface area contributed by atoms with Crippen LogP contribution in [0.5, 0.6) is 0 Å². The summed E-state index contributed by atoms with van der Waals surface area (Å²) in [5.41, 5.74) is 3.18. The van der Waals surface area contributed by atoms with Gasteiger partial charge in [-0.05, 0) is 42.4 Å². The van der Waals surface area contributed by atoms with Crippen molar-refractivity contribution in [2.24, 2.45) is 5.41 Å². The molecule has 0 saturated heterocycles. The highest BCUT2D eigenvalue weighted by Gasteiger charge is 2.40. The summed E-state index contributed by atoms with van der Waals surface area (Å²) < 4.78 is 0. The van der Waals surface area contributed by atoms with Crippen LogP contribution >= 0.6 is 0 Å². The van der Waals surface area contributed by atoms with E-state index >= 15 is 0 Å². The Hall–Kier alpha value is -1.35. The van der Waals surface area contributed by atoms with Gasteiger partial charge in [0.2, 0.25) is 5.91 Å². The molecule has 1 atom stereocenters. The number of anilines is 1. The Labute approximate surface area is 121 Å². The maximum atomic E-state index is 12.1. The van der Waals surface area contributed by atoms with Gasteiger partial charge in [-0.15, -0.1) is 0 Å². The van der Waals surface area contributed by atoms with Gasteiger partial charge in [-0.2, -0.15) is 0 Å². The van der Waals surface area contributed by atoms with Crippen LogP contribution in [0.3, 0.4) is 0 Å². The number of aliphatic hydroxyl groups is 1. The van der Waals surface area contributed by atoms with Gasteiger partial charge >= 0.3 is 0 Å². The Morgan fingerprint density at radius 2 is 1.90 bits per heavy atom. The molecule has 1 aliphatic heterocycles. The fourth-order valence-electron chi connectivity index (χ4n) is 2.70. The van der Waals surface area contributed by atoms with Crippen LogP contribution < -0.4 is 5.32 Å². The molecular formula is C17H25NO2. The van der Waals surface area contributed by atoms with E-state index in [2.05, 4.69) is 12.2 Å². The maximum Gasteiger partial charge on any atom is 0.234 e. The quantitative estimate of drug-likeness (QED) is 0.867. The van der Waals surface area contributed by atoms with Crippen LogP contribution in [0.15, 0.2) is 12.1 Å². The number of hydrogen-bond acceptors (Lipinski definition) is 2. The highest BCUT2D eigenvalue weighted by molar-refractivity contribution is 6.06. The fraction of sp³-hybridized carbons (Fsp3) is 0.588. The Morgan fingerprint density at radius 1 is 1.30 bits per heavy atom. The Bertz CT molecular complexity index is 553. The minimum atomic E-state index is -0.537. The number of amides is 1. The molecule has 1 aromatic rings. The Balaban J connectivity index is 2.61. The standard InChI is InChI=1S/C17H25NO2/c1-7-10-8-11(14(19)16(2,3)4)9-12-13(10)18-15(20)17(12,5)6/h8-9,14,19H,7H2,1-6H3,(H,18,20). The molecule has 2 rings (SSSR count). The molecule has 0 aromatic heterocycles. The predicted octanol–water partition coefficient (Wildman–Crippen LogP) is 3.56. The first kappa shape index (κ1) is 15.0. The largest absolute Gasteiger partial charge is 0.388 e. The van der Waals surface area contributed by atoms with Crippen LogP contribution in [0.1, 0.15) is 64.3 Å². The predicted molar refractivity (Wildman–Crippen MR) is 81.9 cm³/mol. The van der Waals surface area contributed by atoms with Crippen molar-refractivity contribution in [1.29, 1.82) is 0 Å². The summed E-state index contributed by atoms with van der Waals surface area (Å²) in [4.78, 5) is 12.1. The lowest BCUT2D eigenvalue weighted by atomic mass is 9.79. The summed E-state index contributed by atoms with van der Waals surface area (Å²) in [5, 5.41) is 13.5. The van der Waals surface area contributed by atoms with Gasteiger partial charge in [0.15, 0.2) is 0 Å². The number of rotatable bonds is 2. The van der Waals surface area contributed by atoms with Crippen molar-refractivity contribution in [3.05, 3.63) is 28.8 Å². The van der Waals surface area contributed by atoms with Gasteiger partial charge in [0.05, 0.1) is 11.5 Å². The molecule has 0 fully saturated rings. The summed E-state index contributed by atoms with van der Waals surface area (Å²) in [5.74, 6) is 0.0320. The van der Waals surface area contributed by atoms with Crippen LogP contribution in [-0.4, -0.2) is 11.0 Å². The molecule has 3 nitrogen and oxygen atoms in total. The second-order valence-electron chi connectivity index (χ2n) is 7.30. The highest BCUT2D eigenvalue weighted by atomic mass is 16.3.